The molecule has 2 saturated heterocycles. The van der Waals surface area contributed by atoms with Crippen molar-refractivity contribution in [2.45, 2.75) is 17.4 Å². The Morgan fingerprint density at radius 3 is 2.59 bits per heavy atom. The fourth-order valence-electron chi connectivity index (χ4n) is 2.98. The average Bonchev–Trinajstić information content (AvgIpc) is 2.47. The van der Waals surface area contributed by atoms with Crippen LogP contribution < -0.4 is 5.32 Å². The van der Waals surface area contributed by atoms with Gasteiger partial charge in [-0.15, -0.1) is 0 Å². The maximum Gasteiger partial charge on any atom is 0.260 e. The van der Waals surface area contributed by atoms with Crippen molar-refractivity contribution >= 4 is 10.0 Å². The van der Waals surface area contributed by atoms with Crippen molar-refractivity contribution < 1.29 is 13.3 Å². The van der Waals surface area contributed by atoms with Gasteiger partial charge in [0.25, 0.3) is 5.54 Å². The van der Waals surface area contributed by atoms with Gasteiger partial charge in [-0.25, -0.2) is 8.42 Å². The molecule has 0 spiro atoms. The molecule has 22 heavy (non-hydrogen) atoms. The van der Waals surface area contributed by atoms with Gasteiger partial charge in [0, 0.05) is 11.6 Å². The topological polar surface area (TPSA) is 95.8 Å². The lowest BCUT2D eigenvalue weighted by molar-refractivity contribution is -0.574. The molecule has 120 valence electrons. The molecule has 2 heterocycles. The fraction of sp³-hybridized carbons (Fsp3) is 0.538. The van der Waals surface area contributed by atoms with Gasteiger partial charge in [0.1, 0.15) is 0 Å². The van der Waals surface area contributed by atoms with Crippen molar-refractivity contribution in [1.29, 1.82) is 0 Å². The van der Waals surface area contributed by atoms with Crippen molar-refractivity contribution in [1.82, 2.24) is 14.5 Å². The molecule has 2 aliphatic rings. The van der Waals surface area contributed by atoms with E-state index in [1.54, 1.807) is 29.2 Å². The third-order valence-electron chi connectivity index (χ3n) is 4.18. The smallest absolute Gasteiger partial charge is 0.260 e. The second-order valence-corrected chi connectivity index (χ2v) is 7.90. The van der Waals surface area contributed by atoms with E-state index < -0.39 is 15.6 Å². The summed E-state index contributed by atoms with van der Waals surface area (Å²) in [5, 5.41) is 14.4. The van der Waals surface area contributed by atoms with E-state index in [2.05, 4.69) is 5.32 Å². The van der Waals surface area contributed by atoms with Gasteiger partial charge >= 0.3 is 0 Å². The molecular formula is C13H18N4O4S. The normalized spacial score (nSPS) is 29.2. The molecule has 9 heteroatoms. The summed E-state index contributed by atoms with van der Waals surface area (Å²) in [4.78, 5) is 13.0. The SMILES string of the molecule is Cc1ccc(S(=O)(=O)N2CN3CNC[C@@]([N+](=O)[O-])(C3)C2)cc1. The molecule has 0 aliphatic carbocycles. The third kappa shape index (κ3) is 2.50. The second-order valence-electron chi connectivity index (χ2n) is 5.96. The molecule has 2 fully saturated rings. The summed E-state index contributed by atoms with van der Waals surface area (Å²) in [6, 6.07) is 6.54. The summed E-state index contributed by atoms with van der Waals surface area (Å²) in [6.07, 6.45) is 0. The quantitative estimate of drug-likeness (QED) is 0.612. The van der Waals surface area contributed by atoms with Crippen LogP contribution in [0.25, 0.3) is 0 Å². The molecule has 8 nitrogen and oxygen atoms in total. The van der Waals surface area contributed by atoms with Crippen LogP contribution in [-0.2, 0) is 10.0 Å². The molecule has 1 N–H and O–H groups in total. The van der Waals surface area contributed by atoms with Gasteiger partial charge in [-0.1, -0.05) is 17.7 Å². The number of sulfonamides is 1. The van der Waals surface area contributed by atoms with E-state index in [1.807, 2.05) is 6.92 Å². The summed E-state index contributed by atoms with van der Waals surface area (Å²) in [5.74, 6) is 0. The summed E-state index contributed by atoms with van der Waals surface area (Å²) in [5.41, 5.74) is -0.321. The monoisotopic (exact) mass is 326 g/mol. The van der Waals surface area contributed by atoms with E-state index in [-0.39, 0.29) is 36.1 Å². The summed E-state index contributed by atoms with van der Waals surface area (Å²) < 4.78 is 26.7. The lowest BCUT2D eigenvalue weighted by atomic mass is 9.96. The van der Waals surface area contributed by atoms with E-state index in [9.17, 15) is 18.5 Å². The summed E-state index contributed by atoms with van der Waals surface area (Å²) >= 11 is 0. The number of nitrogens with one attached hydrogen (secondary N) is 1. The lowest BCUT2D eigenvalue weighted by Crippen LogP contribution is -2.72. The van der Waals surface area contributed by atoms with Gasteiger partial charge < -0.3 is 0 Å². The van der Waals surface area contributed by atoms with Gasteiger partial charge in [-0.05, 0) is 19.1 Å². The first kappa shape index (κ1) is 15.3. The summed E-state index contributed by atoms with van der Waals surface area (Å²) in [7, 11) is -3.73. The van der Waals surface area contributed by atoms with Crippen LogP contribution >= 0.6 is 0 Å². The minimum Gasteiger partial charge on any atom is -0.297 e. The van der Waals surface area contributed by atoms with E-state index >= 15 is 0 Å². The number of hydrogen-bond acceptors (Lipinski definition) is 6. The molecule has 0 radical (unpaired) electrons. The maximum atomic E-state index is 12.8. The van der Waals surface area contributed by atoms with E-state index in [4.69, 9.17) is 0 Å². The van der Waals surface area contributed by atoms with Gasteiger partial charge in [0.05, 0.1) is 31.2 Å². The zero-order chi connectivity index (χ0) is 16.0. The van der Waals surface area contributed by atoms with Crippen molar-refractivity contribution in [2.75, 3.05) is 33.0 Å². The zero-order valence-electron chi connectivity index (χ0n) is 12.2. The van der Waals surface area contributed by atoms with Crippen molar-refractivity contribution in [3.05, 3.63) is 39.9 Å². The molecule has 1 unspecified atom stereocenters. The fourth-order valence-corrected chi connectivity index (χ4v) is 4.49. The Bertz CT molecular complexity index is 690. The van der Waals surface area contributed by atoms with Crippen molar-refractivity contribution in [3.8, 4) is 0 Å². The molecule has 0 saturated carbocycles. The van der Waals surface area contributed by atoms with Gasteiger partial charge in [-0.2, -0.15) is 4.31 Å². The molecule has 1 aromatic rings. The highest BCUT2D eigenvalue weighted by Crippen LogP contribution is 2.27. The number of nitrogens with zero attached hydrogens (tertiary/aromatic N) is 3. The number of aryl methyl sites for hydroxylation is 1. The number of hydrogen-bond donors (Lipinski definition) is 1. The molecule has 0 aromatic heterocycles. The molecule has 2 atom stereocenters. The highest BCUT2D eigenvalue weighted by Gasteiger charge is 2.53. The van der Waals surface area contributed by atoms with Crippen LogP contribution in [0.2, 0.25) is 0 Å². The van der Waals surface area contributed by atoms with Crippen LogP contribution in [0.3, 0.4) is 0 Å². The molecule has 2 aliphatic heterocycles. The minimum absolute atomic E-state index is 0.111. The molecule has 1 aromatic carbocycles. The Kier molecular flexibility index (Phi) is 3.68. The van der Waals surface area contributed by atoms with Crippen LogP contribution in [0.1, 0.15) is 5.56 Å². The zero-order valence-corrected chi connectivity index (χ0v) is 13.0. The molecular weight excluding hydrogens is 308 g/mol. The lowest BCUT2D eigenvalue weighted by Gasteiger charge is -2.45. The first-order valence-electron chi connectivity index (χ1n) is 6.98. The highest BCUT2D eigenvalue weighted by atomic mass is 32.2. The standard InChI is InChI=1S/C13H18N4O4S/c1-11-2-4-12(5-3-11)22(20,21)16-8-13(17(18)19)6-14-9-15(7-13)10-16/h2-5,14H,6-10H2,1H3/t13-/m1/s1. The van der Waals surface area contributed by atoms with Crippen LogP contribution in [0.15, 0.2) is 29.2 Å². The number of rotatable bonds is 3. The van der Waals surface area contributed by atoms with E-state index in [0.717, 1.165) is 5.56 Å². The Labute approximate surface area is 128 Å². The maximum absolute atomic E-state index is 12.8. The van der Waals surface area contributed by atoms with Crippen LogP contribution in [0.5, 0.6) is 0 Å². The molecule has 2 bridgehead atoms. The number of benzene rings is 1. The Morgan fingerprint density at radius 2 is 1.95 bits per heavy atom. The highest BCUT2D eigenvalue weighted by molar-refractivity contribution is 7.89. The Hall–Kier alpha value is -1.55. The molecule has 3 rings (SSSR count). The average molecular weight is 326 g/mol. The van der Waals surface area contributed by atoms with Crippen LogP contribution in [-0.4, -0.2) is 61.1 Å². The van der Waals surface area contributed by atoms with E-state index in [0.29, 0.717) is 6.67 Å². The number of fused-ring (bicyclic) bond motifs is 2. The van der Waals surface area contributed by atoms with Crippen LogP contribution in [0.4, 0.5) is 0 Å². The van der Waals surface area contributed by atoms with Crippen molar-refractivity contribution in [2.24, 2.45) is 0 Å². The third-order valence-corrected chi connectivity index (χ3v) is 5.97. The Morgan fingerprint density at radius 1 is 1.27 bits per heavy atom. The van der Waals surface area contributed by atoms with Gasteiger partial charge in [0.2, 0.25) is 10.0 Å². The molecule has 0 amide bonds. The predicted octanol–water partition coefficient (Wildman–Crippen LogP) is -0.165. The van der Waals surface area contributed by atoms with Crippen molar-refractivity contribution in [3.63, 3.8) is 0 Å². The number of nitro groups is 1. The Balaban J connectivity index is 1.94. The van der Waals surface area contributed by atoms with Gasteiger partial charge in [0.15, 0.2) is 0 Å². The largest absolute Gasteiger partial charge is 0.297 e. The summed E-state index contributed by atoms with van der Waals surface area (Å²) in [6.45, 7) is 2.83. The van der Waals surface area contributed by atoms with Gasteiger partial charge in [-0.3, -0.25) is 20.3 Å². The first-order valence-corrected chi connectivity index (χ1v) is 8.42. The first-order chi connectivity index (χ1) is 10.3. The second kappa shape index (κ2) is 5.27. The predicted molar refractivity (Wildman–Crippen MR) is 79.2 cm³/mol. The van der Waals surface area contributed by atoms with Crippen LogP contribution in [0, 0.1) is 17.0 Å². The minimum atomic E-state index is -3.73. The van der Waals surface area contributed by atoms with E-state index in [1.165, 1.54) is 4.31 Å².